The predicted molar refractivity (Wildman–Crippen MR) is 114 cm³/mol. The van der Waals surface area contributed by atoms with E-state index in [0.717, 1.165) is 34.3 Å². The smallest absolute Gasteiger partial charge is 0.231 e. The molecule has 0 spiro atoms. The van der Waals surface area contributed by atoms with Gasteiger partial charge in [-0.3, -0.25) is 4.98 Å². The maximum absolute atomic E-state index is 6.30. The van der Waals surface area contributed by atoms with Crippen LogP contribution < -0.4 is 4.74 Å². The summed E-state index contributed by atoms with van der Waals surface area (Å²) in [7, 11) is 0. The summed E-state index contributed by atoms with van der Waals surface area (Å²) in [6.45, 7) is 0. The molecule has 0 saturated carbocycles. The van der Waals surface area contributed by atoms with E-state index in [-0.39, 0.29) is 0 Å². The maximum atomic E-state index is 6.30. The van der Waals surface area contributed by atoms with Crippen LogP contribution in [0.4, 0.5) is 0 Å². The average molecular weight is 412 g/mol. The normalized spacial score (nSPS) is 12.9. The zero-order valence-electron chi connectivity index (χ0n) is 15.9. The van der Waals surface area contributed by atoms with E-state index in [2.05, 4.69) is 15.1 Å². The fourth-order valence-electron chi connectivity index (χ4n) is 3.78. The third-order valence-corrected chi connectivity index (χ3v) is 6.37. The van der Waals surface area contributed by atoms with Crippen molar-refractivity contribution in [1.82, 2.24) is 29.7 Å². The van der Waals surface area contributed by atoms with E-state index < -0.39 is 0 Å². The van der Waals surface area contributed by atoms with E-state index in [1.165, 1.54) is 23.2 Å². The molecule has 8 heteroatoms. The van der Waals surface area contributed by atoms with Crippen molar-refractivity contribution in [2.24, 2.45) is 0 Å². The molecule has 30 heavy (non-hydrogen) atoms. The summed E-state index contributed by atoms with van der Waals surface area (Å²) in [4.78, 5) is 20.2. The lowest BCUT2D eigenvalue weighted by atomic mass is 10.2. The standard InChI is InChI=1S/C22H16N6OS/c1-4-17-18(5-1)30-22-19(17)21(26-20(27-22)14-3-2-10-23-11-14)29-16-8-6-15(7-9-16)28-13-24-12-25-28/h2-3,6-13H,1,4-5H2. The fraction of sp³-hybridized carbons (Fsp3) is 0.136. The van der Waals surface area contributed by atoms with Crippen molar-refractivity contribution in [2.45, 2.75) is 19.3 Å². The molecule has 0 fully saturated rings. The number of benzene rings is 1. The molecule has 4 aromatic heterocycles. The van der Waals surface area contributed by atoms with E-state index in [9.17, 15) is 0 Å². The summed E-state index contributed by atoms with van der Waals surface area (Å²) in [5.74, 6) is 1.95. The Bertz CT molecular complexity index is 1330. The lowest BCUT2D eigenvalue weighted by Gasteiger charge is -2.10. The van der Waals surface area contributed by atoms with Crippen molar-refractivity contribution in [3.63, 3.8) is 0 Å². The number of hydrogen-bond acceptors (Lipinski definition) is 7. The summed E-state index contributed by atoms with van der Waals surface area (Å²) in [6, 6.07) is 11.6. The highest BCUT2D eigenvalue weighted by molar-refractivity contribution is 7.19. The number of thiophene rings is 1. The molecule has 1 aliphatic rings. The molecule has 146 valence electrons. The summed E-state index contributed by atoms with van der Waals surface area (Å²) in [5, 5.41) is 5.20. The van der Waals surface area contributed by atoms with Gasteiger partial charge in [0.05, 0.1) is 11.1 Å². The number of pyridine rings is 1. The SMILES string of the molecule is c1cncc(-c2nc(Oc3ccc(-n4cncn4)cc3)c3c4c(sc3n2)CCC4)c1. The van der Waals surface area contributed by atoms with Crippen LogP contribution in [0.15, 0.2) is 61.4 Å². The van der Waals surface area contributed by atoms with Gasteiger partial charge in [-0.25, -0.2) is 14.6 Å². The molecule has 0 amide bonds. The third-order valence-electron chi connectivity index (χ3n) is 5.19. The van der Waals surface area contributed by atoms with E-state index in [4.69, 9.17) is 14.7 Å². The lowest BCUT2D eigenvalue weighted by Crippen LogP contribution is -1.97. The first kappa shape index (κ1) is 17.2. The van der Waals surface area contributed by atoms with Crippen LogP contribution in [0.1, 0.15) is 16.9 Å². The minimum absolute atomic E-state index is 0.603. The van der Waals surface area contributed by atoms with Gasteiger partial charge in [-0.2, -0.15) is 10.1 Å². The van der Waals surface area contributed by atoms with E-state index in [1.54, 1.807) is 34.7 Å². The summed E-state index contributed by atoms with van der Waals surface area (Å²) < 4.78 is 8.01. The van der Waals surface area contributed by atoms with Crippen LogP contribution in [0.2, 0.25) is 0 Å². The number of ether oxygens (including phenoxy) is 1. The number of nitrogens with zero attached hydrogens (tertiary/aromatic N) is 6. The quantitative estimate of drug-likeness (QED) is 0.429. The molecule has 5 aromatic rings. The second-order valence-corrected chi connectivity index (χ2v) is 8.15. The third kappa shape index (κ3) is 2.93. The number of aromatic nitrogens is 6. The Morgan fingerprint density at radius 1 is 1.00 bits per heavy atom. The van der Waals surface area contributed by atoms with Crippen molar-refractivity contribution in [3.8, 4) is 28.7 Å². The van der Waals surface area contributed by atoms with Gasteiger partial charge >= 0.3 is 0 Å². The number of aryl methyl sites for hydroxylation is 2. The molecule has 7 nitrogen and oxygen atoms in total. The van der Waals surface area contributed by atoms with Crippen LogP contribution in [-0.2, 0) is 12.8 Å². The minimum Gasteiger partial charge on any atom is -0.438 e. The number of rotatable bonds is 4. The van der Waals surface area contributed by atoms with Gasteiger partial charge in [-0.1, -0.05) is 0 Å². The largest absolute Gasteiger partial charge is 0.438 e. The van der Waals surface area contributed by atoms with Gasteiger partial charge in [0.1, 0.15) is 23.2 Å². The van der Waals surface area contributed by atoms with Crippen LogP contribution in [0.5, 0.6) is 11.6 Å². The first-order valence-electron chi connectivity index (χ1n) is 9.71. The average Bonchev–Trinajstić information content (AvgIpc) is 3.52. The summed E-state index contributed by atoms with van der Waals surface area (Å²) >= 11 is 1.75. The molecular weight excluding hydrogens is 396 g/mol. The minimum atomic E-state index is 0.603. The first-order chi connectivity index (χ1) is 14.8. The van der Waals surface area contributed by atoms with Gasteiger partial charge in [-0.15, -0.1) is 11.3 Å². The summed E-state index contributed by atoms with van der Waals surface area (Å²) in [5.41, 5.74) is 3.13. The van der Waals surface area contributed by atoms with E-state index >= 15 is 0 Å². The van der Waals surface area contributed by atoms with Gasteiger partial charge < -0.3 is 4.74 Å². The molecule has 0 bridgehead atoms. The van der Waals surface area contributed by atoms with Crippen molar-refractivity contribution in [2.75, 3.05) is 0 Å². The monoisotopic (exact) mass is 412 g/mol. The van der Waals surface area contributed by atoms with Crippen LogP contribution in [0.3, 0.4) is 0 Å². The second kappa shape index (κ2) is 7.00. The molecule has 0 radical (unpaired) electrons. The highest BCUT2D eigenvalue weighted by Crippen LogP contribution is 2.42. The maximum Gasteiger partial charge on any atom is 0.231 e. The number of hydrogen-bond donors (Lipinski definition) is 0. The van der Waals surface area contributed by atoms with E-state index in [1.807, 2.05) is 36.4 Å². The van der Waals surface area contributed by atoms with Gasteiger partial charge in [0.25, 0.3) is 0 Å². The number of fused-ring (bicyclic) bond motifs is 3. The molecule has 0 N–H and O–H groups in total. The van der Waals surface area contributed by atoms with Crippen LogP contribution >= 0.6 is 11.3 Å². The Morgan fingerprint density at radius 2 is 1.93 bits per heavy atom. The molecule has 6 rings (SSSR count). The predicted octanol–water partition coefficient (Wildman–Crippen LogP) is 4.62. The van der Waals surface area contributed by atoms with Crippen LogP contribution in [-0.4, -0.2) is 29.7 Å². The Labute approximate surface area is 176 Å². The second-order valence-electron chi connectivity index (χ2n) is 7.07. The van der Waals surface area contributed by atoms with Gasteiger partial charge in [0.2, 0.25) is 5.88 Å². The van der Waals surface area contributed by atoms with Crippen LogP contribution in [0.25, 0.3) is 27.3 Å². The Hall–Kier alpha value is -3.65. The highest BCUT2D eigenvalue weighted by Gasteiger charge is 2.24. The summed E-state index contributed by atoms with van der Waals surface area (Å²) in [6.07, 6.45) is 10.0. The van der Waals surface area contributed by atoms with Crippen molar-refractivity contribution >= 4 is 21.6 Å². The zero-order chi connectivity index (χ0) is 19.9. The van der Waals surface area contributed by atoms with Crippen LogP contribution in [0, 0.1) is 0 Å². The molecule has 0 aliphatic heterocycles. The van der Waals surface area contributed by atoms with Gasteiger partial charge in [-0.05, 0) is 61.2 Å². The van der Waals surface area contributed by atoms with Gasteiger partial charge in [0.15, 0.2) is 5.82 Å². The zero-order valence-corrected chi connectivity index (χ0v) is 16.7. The Kier molecular flexibility index (Phi) is 4.02. The Morgan fingerprint density at radius 3 is 2.73 bits per heavy atom. The topological polar surface area (TPSA) is 78.6 Å². The lowest BCUT2D eigenvalue weighted by molar-refractivity contribution is 0.468. The molecule has 0 saturated heterocycles. The van der Waals surface area contributed by atoms with Gasteiger partial charge in [0, 0.05) is 22.8 Å². The van der Waals surface area contributed by atoms with Crippen molar-refractivity contribution in [1.29, 1.82) is 0 Å². The molecular formula is C22H16N6OS. The van der Waals surface area contributed by atoms with Crippen molar-refractivity contribution < 1.29 is 4.74 Å². The first-order valence-corrected chi connectivity index (χ1v) is 10.5. The molecule has 4 heterocycles. The molecule has 1 aromatic carbocycles. The highest BCUT2D eigenvalue weighted by atomic mass is 32.1. The molecule has 0 atom stereocenters. The van der Waals surface area contributed by atoms with Crippen molar-refractivity contribution in [3.05, 3.63) is 71.9 Å². The molecule has 1 aliphatic carbocycles. The molecule has 0 unspecified atom stereocenters. The Balaban J connectivity index is 1.44. The van der Waals surface area contributed by atoms with E-state index in [0.29, 0.717) is 17.5 Å². The fourth-order valence-corrected chi connectivity index (χ4v) is 5.03.